The van der Waals surface area contributed by atoms with Crippen molar-refractivity contribution in [1.82, 2.24) is 9.88 Å². The Morgan fingerprint density at radius 1 is 0.968 bits per heavy atom. The number of benzene rings is 2. The summed E-state index contributed by atoms with van der Waals surface area (Å²) >= 11 is 1.41. The molecule has 2 aromatic carbocycles. The molecule has 3 heterocycles. The lowest BCUT2D eigenvalue weighted by Crippen LogP contribution is -2.35. The van der Waals surface area contributed by atoms with E-state index in [1.165, 1.54) is 17.8 Å². The average molecular weight is 431 g/mol. The molecule has 1 fully saturated rings. The number of fused-ring (bicyclic) bond motifs is 1. The summed E-state index contributed by atoms with van der Waals surface area (Å²) in [5.74, 6) is 0.0399. The van der Waals surface area contributed by atoms with E-state index < -0.39 is 0 Å². The Balaban J connectivity index is 1.56. The zero-order valence-corrected chi connectivity index (χ0v) is 17.7. The number of H-pyrrole nitrogens is 1. The van der Waals surface area contributed by atoms with Gasteiger partial charge in [0, 0.05) is 28.9 Å². The van der Waals surface area contributed by atoms with Crippen LogP contribution in [0, 0.1) is 0 Å². The smallest absolute Gasteiger partial charge is 0.260 e. The van der Waals surface area contributed by atoms with Gasteiger partial charge in [0.15, 0.2) is 0 Å². The fourth-order valence-electron chi connectivity index (χ4n) is 4.22. The number of nitrogens with zero attached hydrogens (tertiary/aromatic N) is 1. The van der Waals surface area contributed by atoms with Gasteiger partial charge in [0.2, 0.25) is 0 Å². The molecule has 1 aliphatic heterocycles. The van der Waals surface area contributed by atoms with E-state index >= 15 is 0 Å². The van der Waals surface area contributed by atoms with Gasteiger partial charge in [0.25, 0.3) is 11.5 Å². The Morgan fingerprint density at radius 2 is 1.77 bits per heavy atom. The van der Waals surface area contributed by atoms with Crippen molar-refractivity contribution in [2.75, 3.05) is 13.1 Å². The van der Waals surface area contributed by atoms with E-state index in [1.807, 2.05) is 58.8 Å². The van der Waals surface area contributed by atoms with Gasteiger partial charge in [-0.05, 0) is 66.1 Å². The molecule has 0 bridgehead atoms. The molecule has 0 radical (unpaired) electrons. The number of aromatic hydroxyl groups is 1. The lowest BCUT2D eigenvalue weighted by molar-refractivity contribution is 0.0724. The second-order valence-electron chi connectivity index (χ2n) is 7.85. The third-order valence-corrected chi connectivity index (χ3v) is 6.73. The van der Waals surface area contributed by atoms with Crippen LogP contribution in [0.25, 0.3) is 32.5 Å². The summed E-state index contributed by atoms with van der Waals surface area (Å²) in [5.41, 5.74) is 2.99. The Kier molecular flexibility index (Phi) is 5.08. The van der Waals surface area contributed by atoms with Crippen LogP contribution in [0.5, 0.6) is 5.75 Å². The van der Waals surface area contributed by atoms with Crippen molar-refractivity contribution in [3.63, 3.8) is 0 Å². The molecule has 0 saturated carbocycles. The number of amides is 1. The molecular weight excluding hydrogens is 408 g/mol. The Bertz CT molecular complexity index is 1320. The van der Waals surface area contributed by atoms with Crippen molar-refractivity contribution >= 4 is 28.1 Å². The van der Waals surface area contributed by atoms with Crippen molar-refractivity contribution < 1.29 is 9.90 Å². The second kappa shape index (κ2) is 8.04. The molecule has 2 aromatic heterocycles. The van der Waals surface area contributed by atoms with Crippen LogP contribution in [0.3, 0.4) is 0 Å². The van der Waals surface area contributed by atoms with E-state index in [9.17, 15) is 14.7 Å². The molecule has 4 aromatic rings. The van der Waals surface area contributed by atoms with E-state index in [-0.39, 0.29) is 22.8 Å². The van der Waals surface area contributed by atoms with Gasteiger partial charge >= 0.3 is 0 Å². The molecule has 0 unspecified atom stereocenters. The number of carbonyl (C=O) groups is 1. The van der Waals surface area contributed by atoms with Crippen molar-refractivity contribution in [3.8, 4) is 27.3 Å². The molecule has 5 nitrogen and oxygen atoms in total. The van der Waals surface area contributed by atoms with Crippen LogP contribution in [-0.2, 0) is 0 Å². The number of carbonyl (C=O) groups excluding carboxylic acids is 1. The average Bonchev–Trinajstić information content (AvgIpc) is 3.33. The van der Waals surface area contributed by atoms with E-state index in [0.29, 0.717) is 16.5 Å². The summed E-state index contributed by atoms with van der Waals surface area (Å²) in [5, 5.41) is 13.4. The number of pyridine rings is 1. The lowest BCUT2D eigenvalue weighted by Gasteiger charge is -2.26. The van der Waals surface area contributed by atoms with Gasteiger partial charge < -0.3 is 15.0 Å². The van der Waals surface area contributed by atoms with Crippen LogP contribution < -0.4 is 5.56 Å². The molecular formula is C25H22N2O3S. The maximum Gasteiger partial charge on any atom is 0.260 e. The number of nitrogens with one attached hydrogen (secondary N) is 1. The summed E-state index contributed by atoms with van der Waals surface area (Å²) in [6.45, 7) is 1.62. The van der Waals surface area contributed by atoms with Gasteiger partial charge in [0.05, 0.1) is 11.1 Å². The Labute approximate surface area is 183 Å². The summed E-state index contributed by atoms with van der Waals surface area (Å²) in [6.07, 6.45) is 3.29. The van der Waals surface area contributed by atoms with Crippen LogP contribution >= 0.6 is 11.3 Å². The highest BCUT2D eigenvalue weighted by Crippen LogP contribution is 2.36. The number of aromatic amines is 1. The highest BCUT2D eigenvalue weighted by Gasteiger charge is 2.19. The van der Waals surface area contributed by atoms with E-state index in [4.69, 9.17) is 0 Å². The lowest BCUT2D eigenvalue weighted by atomic mass is 9.99. The summed E-state index contributed by atoms with van der Waals surface area (Å²) < 4.78 is 0. The maximum atomic E-state index is 12.9. The molecule has 0 atom stereocenters. The maximum absolute atomic E-state index is 12.9. The van der Waals surface area contributed by atoms with Gasteiger partial charge in [0.1, 0.15) is 5.75 Å². The minimum atomic E-state index is -0.311. The SMILES string of the molecule is O=C(c1cccc(-c2ccc3[nH]c(=O)c(-c4cccs4)c(O)c3c2)c1)N1CCCCC1. The van der Waals surface area contributed by atoms with Crippen molar-refractivity contribution in [1.29, 1.82) is 0 Å². The summed E-state index contributed by atoms with van der Waals surface area (Å²) in [7, 11) is 0. The molecule has 0 aliphatic carbocycles. The highest BCUT2D eigenvalue weighted by molar-refractivity contribution is 7.13. The molecule has 156 valence electrons. The van der Waals surface area contributed by atoms with E-state index in [1.54, 1.807) is 6.07 Å². The third-order valence-electron chi connectivity index (χ3n) is 5.84. The molecule has 1 saturated heterocycles. The number of piperidine rings is 1. The molecule has 2 N–H and O–H groups in total. The quantitative estimate of drug-likeness (QED) is 0.466. The standard InChI is InChI=1S/C25H22N2O3S/c28-23-19-15-17(9-10-20(19)26-24(29)22(23)21-8-5-13-31-21)16-6-4-7-18(14-16)25(30)27-11-2-1-3-12-27/h4-10,13-15H,1-3,11-12H2,(H2,26,28,29). The van der Waals surface area contributed by atoms with Crippen LogP contribution in [0.4, 0.5) is 0 Å². The van der Waals surface area contributed by atoms with E-state index in [0.717, 1.165) is 41.9 Å². The number of rotatable bonds is 3. The number of hydrogen-bond acceptors (Lipinski definition) is 4. The summed E-state index contributed by atoms with van der Waals surface area (Å²) in [6, 6.07) is 16.8. The van der Waals surface area contributed by atoms with Crippen LogP contribution in [0.2, 0.25) is 0 Å². The molecule has 1 amide bonds. The van der Waals surface area contributed by atoms with Crippen LogP contribution in [0.15, 0.2) is 64.8 Å². The number of hydrogen-bond donors (Lipinski definition) is 2. The predicted octanol–water partition coefficient (Wildman–Crippen LogP) is 5.26. The molecule has 5 rings (SSSR count). The zero-order valence-electron chi connectivity index (χ0n) is 16.9. The number of aromatic nitrogens is 1. The van der Waals surface area contributed by atoms with Gasteiger partial charge in [-0.3, -0.25) is 9.59 Å². The van der Waals surface area contributed by atoms with Gasteiger partial charge in [-0.15, -0.1) is 11.3 Å². The van der Waals surface area contributed by atoms with Crippen molar-refractivity contribution in [2.45, 2.75) is 19.3 Å². The Morgan fingerprint density at radius 3 is 2.55 bits per heavy atom. The monoisotopic (exact) mass is 430 g/mol. The van der Waals surface area contributed by atoms with Crippen LogP contribution in [-0.4, -0.2) is 34.0 Å². The number of likely N-dealkylation sites (tertiary alicyclic amines) is 1. The van der Waals surface area contributed by atoms with Crippen molar-refractivity contribution in [2.24, 2.45) is 0 Å². The largest absolute Gasteiger partial charge is 0.506 e. The minimum Gasteiger partial charge on any atom is -0.506 e. The molecule has 0 spiro atoms. The number of thiophene rings is 1. The first-order valence-electron chi connectivity index (χ1n) is 10.4. The third kappa shape index (κ3) is 3.64. The normalized spacial score (nSPS) is 14.1. The molecule has 6 heteroatoms. The second-order valence-corrected chi connectivity index (χ2v) is 8.80. The van der Waals surface area contributed by atoms with Gasteiger partial charge in [-0.25, -0.2) is 0 Å². The minimum absolute atomic E-state index is 0.0244. The molecule has 1 aliphatic rings. The summed E-state index contributed by atoms with van der Waals surface area (Å²) in [4.78, 5) is 31.0. The van der Waals surface area contributed by atoms with E-state index in [2.05, 4.69) is 4.98 Å². The predicted molar refractivity (Wildman–Crippen MR) is 125 cm³/mol. The fourth-order valence-corrected chi connectivity index (χ4v) is 4.98. The Hall–Kier alpha value is -3.38. The van der Waals surface area contributed by atoms with Crippen molar-refractivity contribution in [3.05, 3.63) is 75.9 Å². The zero-order chi connectivity index (χ0) is 21.4. The molecule has 31 heavy (non-hydrogen) atoms. The first kappa shape index (κ1) is 19.6. The first-order chi connectivity index (χ1) is 15.1. The topological polar surface area (TPSA) is 73.4 Å². The highest BCUT2D eigenvalue weighted by atomic mass is 32.1. The van der Waals surface area contributed by atoms with Gasteiger partial charge in [-0.2, -0.15) is 0 Å². The van der Waals surface area contributed by atoms with Crippen LogP contribution in [0.1, 0.15) is 29.6 Å². The first-order valence-corrected chi connectivity index (χ1v) is 11.3. The fraction of sp³-hybridized carbons (Fsp3) is 0.200. The van der Waals surface area contributed by atoms with Gasteiger partial charge in [-0.1, -0.05) is 24.3 Å².